The van der Waals surface area contributed by atoms with Crippen molar-refractivity contribution in [2.75, 3.05) is 11.6 Å². The van der Waals surface area contributed by atoms with Gasteiger partial charge in [0.15, 0.2) is 0 Å². The zero-order chi connectivity index (χ0) is 15.4. The number of benzene rings is 1. The topological polar surface area (TPSA) is 66.4 Å². The molecule has 1 aromatic rings. The minimum Gasteiger partial charge on any atom is -0.481 e. The van der Waals surface area contributed by atoms with Gasteiger partial charge in [0.2, 0.25) is 5.91 Å². The molecule has 0 aromatic heterocycles. The molecule has 0 bridgehead atoms. The van der Waals surface area contributed by atoms with Gasteiger partial charge in [0.05, 0.1) is 11.8 Å². The summed E-state index contributed by atoms with van der Waals surface area (Å²) in [4.78, 5) is 24.8. The second kappa shape index (κ2) is 6.98. The SMILES string of the molecule is CCC1C[C@H](C(=O)Nc2ccc(SC)cc2)[C@H](C(=O)O)C1. The van der Waals surface area contributed by atoms with Gasteiger partial charge in [-0.05, 0) is 49.3 Å². The monoisotopic (exact) mass is 307 g/mol. The van der Waals surface area contributed by atoms with Crippen molar-refractivity contribution in [3.05, 3.63) is 24.3 Å². The van der Waals surface area contributed by atoms with Crippen LogP contribution in [0.3, 0.4) is 0 Å². The number of carbonyl (C=O) groups excluding carboxylic acids is 1. The Balaban J connectivity index is 2.05. The molecule has 1 aliphatic rings. The number of carboxylic acid groups (broad SMARTS) is 1. The molecule has 3 atom stereocenters. The van der Waals surface area contributed by atoms with Crippen molar-refractivity contribution >= 4 is 29.3 Å². The van der Waals surface area contributed by atoms with Crippen molar-refractivity contribution in [2.45, 2.75) is 31.1 Å². The first kappa shape index (κ1) is 15.9. The molecular formula is C16H21NO3S. The third-order valence-electron chi connectivity index (χ3n) is 4.25. The fourth-order valence-electron chi connectivity index (χ4n) is 2.95. The maximum absolute atomic E-state index is 12.4. The van der Waals surface area contributed by atoms with Crippen LogP contribution in [0.4, 0.5) is 5.69 Å². The minimum atomic E-state index is -0.858. The van der Waals surface area contributed by atoms with Gasteiger partial charge in [-0.15, -0.1) is 11.8 Å². The number of carbonyl (C=O) groups is 2. The van der Waals surface area contributed by atoms with Crippen molar-refractivity contribution in [2.24, 2.45) is 17.8 Å². The zero-order valence-electron chi connectivity index (χ0n) is 12.3. The summed E-state index contributed by atoms with van der Waals surface area (Å²) >= 11 is 1.64. The van der Waals surface area contributed by atoms with Gasteiger partial charge in [0, 0.05) is 10.6 Å². The maximum Gasteiger partial charge on any atom is 0.307 e. The van der Waals surface area contributed by atoms with E-state index in [-0.39, 0.29) is 5.91 Å². The van der Waals surface area contributed by atoms with E-state index in [4.69, 9.17) is 0 Å². The van der Waals surface area contributed by atoms with Crippen LogP contribution in [0.15, 0.2) is 29.2 Å². The summed E-state index contributed by atoms with van der Waals surface area (Å²) in [6.45, 7) is 2.05. The number of nitrogens with one attached hydrogen (secondary N) is 1. The van der Waals surface area contributed by atoms with E-state index >= 15 is 0 Å². The Morgan fingerprint density at radius 2 is 1.86 bits per heavy atom. The van der Waals surface area contributed by atoms with E-state index in [1.54, 1.807) is 11.8 Å². The van der Waals surface area contributed by atoms with Gasteiger partial charge >= 0.3 is 5.97 Å². The molecule has 0 aliphatic heterocycles. The van der Waals surface area contributed by atoms with Gasteiger partial charge in [-0.2, -0.15) is 0 Å². The molecule has 1 fully saturated rings. The molecule has 0 saturated heterocycles. The van der Waals surface area contributed by atoms with Crippen LogP contribution in [0.1, 0.15) is 26.2 Å². The molecule has 4 nitrogen and oxygen atoms in total. The highest BCUT2D eigenvalue weighted by atomic mass is 32.2. The van der Waals surface area contributed by atoms with E-state index in [0.29, 0.717) is 18.8 Å². The zero-order valence-corrected chi connectivity index (χ0v) is 13.2. The fourth-order valence-corrected chi connectivity index (χ4v) is 3.36. The number of rotatable bonds is 5. The van der Waals surface area contributed by atoms with Crippen LogP contribution < -0.4 is 5.32 Å². The predicted octanol–water partition coefficient (Wildman–Crippen LogP) is 3.48. The first-order valence-electron chi connectivity index (χ1n) is 7.22. The molecule has 1 amide bonds. The Bertz CT molecular complexity index is 515. The first-order chi connectivity index (χ1) is 10.0. The lowest BCUT2D eigenvalue weighted by atomic mass is 9.95. The average Bonchev–Trinajstić information content (AvgIpc) is 2.92. The van der Waals surface area contributed by atoms with E-state index in [9.17, 15) is 14.7 Å². The van der Waals surface area contributed by atoms with Crippen LogP contribution in [0.25, 0.3) is 0 Å². The van der Waals surface area contributed by atoms with Crippen LogP contribution in [0.5, 0.6) is 0 Å². The summed E-state index contributed by atoms with van der Waals surface area (Å²) < 4.78 is 0. The standard InChI is InChI=1S/C16H21NO3S/c1-3-10-8-13(14(9-10)16(19)20)15(18)17-11-4-6-12(21-2)7-5-11/h4-7,10,13-14H,3,8-9H2,1-2H3,(H,17,18)(H,19,20)/t10?,13-,14+/m0/s1. The van der Waals surface area contributed by atoms with Gasteiger partial charge < -0.3 is 10.4 Å². The molecule has 1 aliphatic carbocycles. The summed E-state index contributed by atoms with van der Waals surface area (Å²) in [6.07, 6.45) is 4.20. The summed E-state index contributed by atoms with van der Waals surface area (Å²) in [5.74, 6) is -1.67. The van der Waals surface area contributed by atoms with Gasteiger partial charge in [0.25, 0.3) is 0 Å². The quantitative estimate of drug-likeness (QED) is 0.817. The third-order valence-corrected chi connectivity index (χ3v) is 4.99. The minimum absolute atomic E-state index is 0.171. The van der Waals surface area contributed by atoms with Crippen molar-refractivity contribution in [3.63, 3.8) is 0 Å². The van der Waals surface area contributed by atoms with Crippen LogP contribution in [-0.4, -0.2) is 23.2 Å². The second-order valence-electron chi connectivity index (χ2n) is 5.51. The molecule has 21 heavy (non-hydrogen) atoms. The van der Waals surface area contributed by atoms with Crippen molar-refractivity contribution in [1.29, 1.82) is 0 Å². The number of thioether (sulfide) groups is 1. The number of aliphatic carboxylic acids is 1. The van der Waals surface area contributed by atoms with Gasteiger partial charge in [0.1, 0.15) is 0 Å². The number of hydrogen-bond acceptors (Lipinski definition) is 3. The van der Waals surface area contributed by atoms with Crippen molar-refractivity contribution < 1.29 is 14.7 Å². The molecule has 1 aromatic carbocycles. The highest BCUT2D eigenvalue weighted by molar-refractivity contribution is 7.98. The third kappa shape index (κ3) is 3.79. The highest BCUT2D eigenvalue weighted by Gasteiger charge is 2.42. The Morgan fingerprint density at radius 1 is 1.24 bits per heavy atom. The van der Waals surface area contributed by atoms with Gasteiger partial charge in [-0.1, -0.05) is 13.3 Å². The molecule has 2 rings (SSSR count). The summed E-state index contributed by atoms with van der Waals surface area (Å²) in [5, 5.41) is 12.2. The molecule has 114 valence electrons. The highest BCUT2D eigenvalue weighted by Crippen LogP contribution is 2.39. The van der Waals surface area contributed by atoms with Crippen LogP contribution in [0.2, 0.25) is 0 Å². The van der Waals surface area contributed by atoms with Crippen LogP contribution >= 0.6 is 11.8 Å². The number of carboxylic acids is 1. The first-order valence-corrected chi connectivity index (χ1v) is 8.45. The van der Waals surface area contributed by atoms with E-state index in [0.717, 1.165) is 17.0 Å². The molecular weight excluding hydrogens is 286 g/mol. The summed E-state index contributed by atoms with van der Waals surface area (Å²) in [6, 6.07) is 7.59. The van der Waals surface area contributed by atoms with E-state index in [1.807, 2.05) is 37.4 Å². The Kier molecular flexibility index (Phi) is 5.28. The van der Waals surface area contributed by atoms with E-state index < -0.39 is 17.8 Å². The molecule has 1 unspecified atom stereocenters. The van der Waals surface area contributed by atoms with Gasteiger partial charge in [-0.3, -0.25) is 9.59 Å². The smallest absolute Gasteiger partial charge is 0.307 e. The lowest BCUT2D eigenvalue weighted by molar-refractivity contribution is -0.145. The average molecular weight is 307 g/mol. The molecule has 0 spiro atoms. The number of anilines is 1. The Morgan fingerprint density at radius 3 is 2.38 bits per heavy atom. The second-order valence-corrected chi connectivity index (χ2v) is 6.39. The maximum atomic E-state index is 12.4. The molecule has 2 N–H and O–H groups in total. The van der Waals surface area contributed by atoms with Crippen LogP contribution in [0, 0.1) is 17.8 Å². The Labute approximate surface area is 129 Å². The fraction of sp³-hybridized carbons (Fsp3) is 0.500. The normalized spacial score (nSPS) is 24.8. The van der Waals surface area contributed by atoms with E-state index in [1.165, 1.54) is 0 Å². The van der Waals surface area contributed by atoms with Crippen molar-refractivity contribution in [1.82, 2.24) is 0 Å². The predicted molar refractivity (Wildman–Crippen MR) is 84.5 cm³/mol. The molecule has 1 saturated carbocycles. The summed E-state index contributed by atoms with van der Waals surface area (Å²) in [7, 11) is 0. The largest absolute Gasteiger partial charge is 0.481 e. The molecule has 0 radical (unpaired) electrons. The molecule has 0 heterocycles. The Hall–Kier alpha value is -1.49. The summed E-state index contributed by atoms with van der Waals surface area (Å²) in [5.41, 5.74) is 0.724. The number of hydrogen-bond donors (Lipinski definition) is 2. The van der Waals surface area contributed by atoms with Crippen molar-refractivity contribution in [3.8, 4) is 0 Å². The van der Waals surface area contributed by atoms with Gasteiger partial charge in [-0.25, -0.2) is 0 Å². The number of amides is 1. The van der Waals surface area contributed by atoms with E-state index in [2.05, 4.69) is 5.32 Å². The van der Waals surface area contributed by atoms with Crippen LogP contribution in [-0.2, 0) is 9.59 Å². The lowest BCUT2D eigenvalue weighted by Gasteiger charge is -2.15. The molecule has 5 heteroatoms. The lowest BCUT2D eigenvalue weighted by Crippen LogP contribution is -2.29.